The molecule has 15 heavy (non-hydrogen) atoms. The molecule has 0 aromatic carbocycles. The topological polar surface area (TPSA) is 69.2 Å². The Bertz CT molecular complexity index is 386. The Kier molecular flexibility index (Phi) is 4.51. The van der Waals surface area contributed by atoms with E-state index in [1.807, 2.05) is 0 Å². The number of halogens is 1. The van der Waals surface area contributed by atoms with E-state index in [0.717, 1.165) is 11.8 Å². The first kappa shape index (κ1) is 11.9. The number of rotatable bonds is 4. The van der Waals surface area contributed by atoms with Gasteiger partial charge in [-0.05, 0) is 0 Å². The smallest absolute Gasteiger partial charge is 0.316 e. The van der Waals surface area contributed by atoms with Crippen LogP contribution in [0.4, 0.5) is 0 Å². The van der Waals surface area contributed by atoms with Gasteiger partial charge in [-0.2, -0.15) is 0 Å². The van der Waals surface area contributed by atoms with Crippen LogP contribution in [0.1, 0.15) is 10.4 Å². The predicted molar refractivity (Wildman–Crippen MR) is 55.2 cm³/mol. The number of aromatic nitrogens is 2. The van der Waals surface area contributed by atoms with E-state index in [1.54, 1.807) is 0 Å². The van der Waals surface area contributed by atoms with Gasteiger partial charge < -0.3 is 4.74 Å². The zero-order valence-corrected chi connectivity index (χ0v) is 9.34. The molecule has 1 rings (SSSR count). The minimum atomic E-state index is -0.397. The highest BCUT2D eigenvalue weighted by molar-refractivity contribution is 8.00. The monoisotopic (exact) mass is 246 g/mol. The second kappa shape index (κ2) is 5.67. The summed E-state index contributed by atoms with van der Waals surface area (Å²) in [4.78, 5) is 29.0. The van der Waals surface area contributed by atoms with Crippen LogP contribution in [-0.4, -0.2) is 35.1 Å². The van der Waals surface area contributed by atoms with Crippen LogP contribution in [0.2, 0.25) is 5.15 Å². The Morgan fingerprint density at radius 2 is 2.40 bits per heavy atom. The average Bonchev–Trinajstić information content (AvgIpc) is 2.25. The minimum Gasteiger partial charge on any atom is -0.468 e. The molecule has 0 saturated heterocycles. The van der Waals surface area contributed by atoms with Gasteiger partial charge >= 0.3 is 5.97 Å². The maximum absolute atomic E-state index is 10.9. The summed E-state index contributed by atoms with van der Waals surface area (Å²) < 4.78 is 4.45. The fourth-order valence-electron chi connectivity index (χ4n) is 0.760. The summed E-state index contributed by atoms with van der Waals surface area (Å²) in [7, 11) is 1.29. The third-order valence-corrected chi connectivity index (χ3v) is 2.75. The van der Waals surface area contributed by atoms with Crippen LogP contribution >= 0.6 is 23.4 Å². The Morgan fingerprint density at radius 3 is 3.00 bits per heavy atom. The number of methoxy groups -OCH3 is 1. The molecular formula is C8H7ClN2O3S. The van der Waals surface area contributed by atoms with Crippen molar-refractivity contribution in [2.75, 3.05) is 12.9 Å². The Morgan fingerprint density at radius 1 is 1.67 bits per heavy atom. The molecule has 1 aromatic heterocycles. The van der Waals surface area contributed by atoms with E-state index in [4.69, 9.17) is 11.6 Å². The molecule has 0 amide bonds. The van der Waals surface area contributed by atoms with Crippen LogP contribution in [-0.2, 0) is 9.53 Å². The lowest BCUT2D eigenvalue weighted by Crippen LogP contribution is -2.04. The highest BCUT2D eigenvalue weighted by Crippen LogP contribution is 2.22. The molecule has 0 fully saturated rings. The summed E-state index contributed by atoms with van der Waals surface area (Å²) in [6.07, 6.45) is 1.79. The molecule has 0 N–H and O–H groups in total. The quantitative estimate of drug-likeness (QED) is 0.344. The Labute approximate surface area is 95.2 Å². The Hall–Kier alpha value is -1.14. The molecule has 0 bridgehead atoms. The first-order chi connectivity index (χ1) is 7.19. The van der Waals surface area contributed by atoms with Gasteiger partial charge in [-0.15, -0.1) is 0 Å². The number of nitrogens with zero attached hydrogens (tertiary/aromatic N) is 2. The predicted octanol–water partition coefficient (Wildman–Crippen LogP) is 1.21. The Balaban J connectivity index is 2.80. The molecule has 0 radical (unpaired) electrons. The second-order valence-electron chi connectivity index (χ2n) is 2.37. The standard InChI is InChI=1S/C8H7ClN2O3S/c1-14-6(13)3-15-8-5(2-12)7(9)10-4-11-8/h2,4H,3H2,1H3. The third-order valence-electron chi connectivity index (χ3n) is 1.47. The lowest BCUT2D eigenvalue weighted by atomic mass is 10.4. The van der Waals surface area contributed by atoms with Gasteiger partial charge in [0.1, 0.15) is 16.5 Å². The number of hydrogen-bond acceptors (Lipinski definition) is 6. The molecule has 1 heterocycles. The van der Waals surface area contributed by atoms with Crippen molar-refractivity contribution in [3.63, 3.8) is 0 Å². The molecule has 5 nitrogen and oxygen atoms in total. The van der Waals surface area contributed by atoms with E-state index in [0.29, 0.717) is 11.3 Å². The van der Waals surface area contributed by atoms with Crippen LogP contribution < -0.4 is 0 Å². The fourth-order valence-corrected chi connectivity index (χ4v) is 1.79. The second-order valence-corrected chi connectivity index (χ2v) is 3.69. The average molecular weight is 247 g/mol. The molecule has 0 atom stereocenters. The number of aldehydes is 1. The number of ether oxygens (including phenoxy) is 1. The van der Waals surface area contributed by atoms with Crippen molar-refractivity contribution in [2.24, 2.45) is 0 Å². The van der Waals surface area contributed by atoms with Crippen molar-refractivity contribution in [3.8, 4) is 0 Å². The van der Waals surface area contributed by atoms with Gasteiger partial charge in [-0.3, -0.25) is 9.59 Å². The lowest BCUT2D eigenvalue weighted by molar-refractivity contribution is -0.137. The summed E-state index contributed by atoms with van der Waals surface area (Å²) in [5.41, 5.74) is 0.188. The van der Waals surface area contributed by atoms with Crippen LogP contribution in [0.25, 0.3) is 0 Å². The van der Waals surface area contributed by atoms with Crippen molar-refractivity contribution in [1.29, 1.82) is 0 Å². The van der Waals surface area contributed by atoms with E-state index in [9.17, 15) is 9.59 Å². The summed E-state index contributed by atoms with van der Waals surface area (Å²) in [6.45, 7) is 0. The van der Waals surface area contributed by atoms with Gasteiger partial charge in [0.15, 0.2) is 6.29 Å². The van der Waals surface area contributed by atoms with Crippen molar-refractivity contribution in [3.05, 3.63) is 17.0 Å². The van der Waals surface area contributed by atoms with Crippen LogP contribution in [0.3, 0.4) is 0 Å². The first-order valence-corrected chi connectivity index (χ1v) is 5.20. The maximum atomic E-state index is 10.9. The molecule has 1 aromatic rings. The molecule has 0 aliphatic heterocycles. The first-order valence-electron chi connectivity index (χ1n) is 3.84. The summed E-state index contributed by atoms with van der Waals surface area (Å²) in [5.74, 6) is -0.323. The molecule has 0 aliphatic rings. The molecule has 0 aliphatic carbocycles. The largest absolute Gasteiger partial charge is 0.468 e. The number of thioether (sulfide) groups is 1. The maximum Gasteiger partial charge on any atom is 0.316 e. The zero-order valence-electron chi connectivity index (χ0n) is 7.77. The van der Waals surface area contributed by atoms with Gasteiger partial charge in [0.05, 0.1) is 18.4 Å². The highest BCUT2D eigenvalue weighted by Gasteiger charge is 2.11. The van der Waals surface area contributed by atoms with Gasteiger partial charge in [0.2, 0.25) is 0 Å². The molecule has 7 heteroatoms. The highest BCUT2D eigenvalue weighted by atomic mass is 35.5. The summed E-state index contributed by atoms with van der Waals surface area (Å²) >= 11 is 6.74. The van der Waals surface area contributed by atoms with E-state index < -0.39 is 5.97 Å². The lowest BCUT2D eigenvalue weighted by Gasteiger charge is -2.02. The van der Waals surface area contributed by atoms with Gasteiger partial charge in [0.25, 0.3) is 0 Å². The van der Waals surface area contributed by atoms with E-state index in [-0.39, 0.29) is 16.5 Å². The van der Waals surface area contributed by atoms with Crippen LogP contribution in [0, 0.1) is 0 Å². The number of esters is 1. The summed E-state index contributed by atoms with van der Waals surface area (Å²) in [5, 5.41) is 0.447. The van der Waals surface area contributed by atoms with Crippen LogP contribution in [0.5, 0.6) is 0 Å². The van der Waals surface area contributed by atoms with Crippen LogP contribution in [0.15, 0.2) is 11.4 Å². The molecule has 0 spiro atoms. The van der Waals surface area contributed by atoms with Crippen molar-refractivity contribution < 1.29 is 14.3 Å². The number of carbonyl (C=O) groups is 2. The third kappa shape index (κ3) is 3.17. The fraction of sp³-hybridized carbons (Fsp3) is 0.250. The number of carbonyl (C=O) groups excluding carboxylic acids is 2. The van der Waals surface area contributed by atoms with Crippen molar-refractivity contribution >= 4 is 35.6 Å². The van der Waals surface area contributed by atoms with Gasteiger partial charge in [-0.25, -0.2) is 9.97 Å². The zero-order chi connectivity index (χ0) is 11.3. The van der Waals surface area contributed by atoms with Gasteiger partial charge in [0, 0.05) is 0 Å². The van der Waals surface area contributed by atoms with E-state index in [1.165, 1.54) is 13.4 Å². The molecule has 0 unspecified atom stereocenters. The number of hydrogen-bond donors (Lipinski definition) is 0. The van der Waals surface area contributed by atoms with E-state index >= 15 is 0 Å². The van der Waals surface area contributed by atoms with E-state index in [2.05, 4.69) is 14.7 Å². The van der Waals surface area contributed by atoms with Gasteiger partial charge in [-0.1, -0.05) is 23.4 Å². The van der Waals surface area contributed by atoms with Crippen molar-refractivity contribution in [2.45, 2.75) is 5.03 Å². The molecule has 80 valence electrons. The molecule has 0 saturated carbocycles. The minimum absolute atomic E-state index is 0.0741. The SMILES string of the molecule is COC(=O)CSc1ncnc(Cl)c1C=O. The molecular weight excluding hydrogens is 240 g/mol. The normalized spacial score (nSPS) is 9.73. The van der Waals surface area contributed by atoms with Crippen molar-refractivity contribution in [1.82, 2.24) is 9.97 Å². The summed E-state index contributed by atoms with van der Waals surface area (Å²) in [6, 6.07) is 0.